The minimum Gasteiger partial charge on any atom is -0.393 e. The fourth-order valence-corrected chi connectivity index (χ4v) is 9.39. The number of hydrogen-bond acceptors (Lipinski definition) is 4. The summed E-state index contributed by atoms with van der Waals surface area (Å²) in [6.45, 7) is 11.2. The van der Waals surface area contributed by atoms with Gasteiger partial charge >= 0.3 is 0 Å². The van der Waals surface area contributed by atoms with E-state index in [0.717, 1.165) is 32.1 Å². The highest BCUT2D eigenvalue weighted by Crippen LogP contribution is 2.68. The molecule has 4 fully saturated rings. The molecular formula is C27H48O4. The summed E-state index contributed by atoms with van der Waals surface area (Å²) in [6.07, 6.45) is 7.13. The van der Waals surface area contributed by atoms with Crippen LogP contribution in [0, 0.1) is 52.3 Å². The van der Waals surface area contributed by atoms with Gasteiger partial charge in [0, 0.05) is 0 Å². The first-order chi connectivity index (χ1) is 14.5. The van der Waals surface area contributed by atoms with Crippen molar-refractivity contribution in [3.63, 3.8) is 0 Å². The summed E-state index contributed by atoms with van der Waals surface area (Å²) in [4.78, 5) is 0. The maximum Gasteiger partial charge on any atom is 0.0827 e. The van der Waals surface area contributed by atoms with Gasteiger partial charge in [0.15, 0.2) is 0 Å². The fourth-order valence-electron chi connectivity index (χ4n) is 9.39. The zero-order valence-electron chi connectivity index (χ0n) is 20.5. The maximum atomic E-state index is 11.2. The van der Waals surface area contributed by atoms with Crippen molar-refractivity contribution in [2.75, 3.05) is 0 Å². The third-order valence-electron chi connectivity index (χ3n) is 11.0. The number of hydrogen-bond donors (Lipinski definition) is 4. The molecule has 12 atom stereocenters. The van der Waals surface area contributed by atoms with Crippen molar-refractivity contribution >= 4 is 0 Å². The molecular weight excluding hydrogens is 388 g/mol. The van der Waals surface area contributed by atoms with E-state index in [9.17, 15) is 20.4 Å². The summed E-state index contributed by atoms with van der Waals surface area (Å²) >= 11 is 0. The van der Waals surface area contributed by atoms with E-state index in [-0.39, 0.29) is 34.9 Å². The van der Waals surface area contributed by atoms with Crippen LogP contribution < -0.4 is 0 Å². The van der Waals surface area contributed by atoms with Gasteiger partial charge in [-0.05, 0) is 110 Å². The van der Waals surface area contributed by atoms with Crippen LogP contribution in [0.15, 0.2) is 0 Å². The van der Waals surface area contributed by atoms with Crippen molar-refractivity contribution in [2.24, 2.45) is 52.3 Å². The quantitative estimate of drug-likeness (QED) is 0.515. The Labute approximate surface area is 189 Å². The van der Waals surface area contributed by atoms with E-state index < -0.39 is 12.2 Å². The van der Waals surface area contributed by atoms with E-state index in [0.29, 0.717) is 36.0 Å². The predicted octanol–water partition coefficient (Wildman–Crippen LogP) is 4.38. The lowest BCUT2D eigenvalue weighted by atomic mass is 9.43. The van der Waals surface area contributed by atoms with Crippen LogP contribution in [0.25, 0.3) is 0 Å². The minimum absolute atomic E-state index is 0.0991. The first kappa shape index (κ1) is 24.0. The van der Waals surface area contributed by atoms with Gasteiger partial charge < -0.3 is 20.4 Å². The molecule has 31 heavy (non-hydrogen) atoms. The Morgan fingerprint density at radius 3 is 2.13 bits per heavy atom. The van der Waals surface area contributed by atoms with Crippen LogP contribution in [0.3, 0.4) is 0 Å². The zero-order chi connectivity index (χ0) is 22.7. The van der Waals surface area contributed by atoms with Crippen molar-refractivity contribution in [1.29, 1.82) is 0 Å². The maximum absolute atomic E-state index is 11.2. The summed E-state index contributed by atoms with van der Waals surface area (Å²) < 4.78 is 0. The lowest BCUT2D eigenvalue weighted by molar-refractivity contribution is -0.174. The van der Waals surface area contributed by atoms with Crippen LogP contribution in [-0.4, -0.2) is 44.8 Å². The predicted molar refractivity (Wildman–Crippen MR) is 123 cm³/mol. The van der Waals surface area contributed by atoms with Gasteiger partial charge in [-0.15, -0.1) is 0 Å². The fraction of sp³-hybridized carbons (Fsp3) is 1.00. The summed E-state index contributed by atoms with van der Waals surface area (Å²) in [5.74, 6) is 2.97. The number of aliphatic hydroxyl groups is 4. The van der Waals surface area contributed by atoms with Gasteiger partial charge in [-0.3, -0.25) is 0 Å². The first-order valence-electron chi connectivity index (χ1n) is 13.2. The largest absolute Gasteiger partial charge is 0.393 e. The molecule has 0 spiro atoms. The third kappa shape index (κ3) is 3.92. The second-order valence-corrected chi connectivity index (χ2v) is 13.0. The van der Waals surface area contributed by atoms with Gasteiger partial charge in [0.25, 0.3) is 0 Å². The smallest absolute Gasteiger partial charge is 0.0827 e. The van der Waals surface area contributed by atoms with Crippen LogP contribution in [0.4, 0.5) is 0 Å². The molecule has 0 amide bonds. The molecule has 0 heterocycles. The monoisotopic (exact) mass is 436 g/mol. The second-order valence-electron chi connectivity index (χ2n) is 13.0. The average molecular weight is 437 g/mol. The third-order valence-corrected chi connectivity index (χ3v) is 11.0. The molecule has 0 aliphatic heterocycles. The van der Waals surface area contributed by atoms with Crippen LogP contribution in [-0.2, 0) is 0 Å². The average Bonchev–Trinajstić information content (AvgIpc) is 3.05. The second kappa shape index (κ2) is 8.56. The molecule has 0 saturated heterocycles. The Balaban J connectivity index is 1.53. The molecule has 0 aromatic heterocycles. The van der Waals surface area contributed by atoms with Gasteiger partial charge in [0.05, 0.1) is 24.4 Å². The molecule has 0 aromatic rings. The summed E-state index contributed by atoms with van der Waals surface area (Å²) in [6, 6.07) is 0. The molecule has 4 aliphatic carbocycles. The van der Waals surface area contributed by atoms with Gasteiger partial charge in [0.2, 0.25) is 0 Å². The molecule has 4 nitrogen and oxygen atoms in total. The summed E-state index contributed by atoms with van der Waals surface area (Å²) in [5.41, 5.74) is 0.343. The van der Waals surface area contributed by atoms with Crippen molar-refractivity contribution < 1.29 is 20.4 Å². The molecule has 0 aromatic carbocycles. The topological polar surface area (TPSA) is 80.9 Å². The van der Waals surface area contributed by atoms with E-state index in [4.69, 9.17) is 0 Å². The highest BCUT2D eigenvalue weighted by atomic mass is 16.3. The Morgan fingerprint density at radius 2 is 1.45 bits per heavy atom. The van der Waals surface area contributed by atoms with E-state index in [1.54, 1.807) is 0 Å². The highest BCUT2D eigenvalue weighted by Gasteiger charge is 2.62. The van der Waals surface area contributed by atoms with E-state index >= 15 is 0 Å². The normalized spacial score (nSPS) is 50.3. The number of fused-ring (bicyclic) bond motifs is 5. The van der Waals surface area contributed by atoms with Gasteiger partial charge in [0.1, 0.15) is 0 Å². The Kier molecular flexibility index (Phi) is 6.62. The molecule has 0 radical (unpaired) electrons. The SMILES string of the molecule is CC(C)C[C@@H](O)[C@H](O)[C@@H](C)[C@H]1CC[C@H]2[C@@H]3C[C@H](O)[C@H]4C[C@H](O)CC[C@]4(C)[C@H]3CC[C@]12C. The minimum atomic E-state index is -0.653. The highest BCUT2D eigenvalue weighted by molar-refractivity contribution is 5.11. The molecule has 0 unspecified atom stereocenters. The summed E-state index contributed by atoms with van der Waals surface area (Å²) in [7, 11) is 0. The molecule has 180 valence electrons. The van der Waals surface area contributed by atoms with Crippen LogP contribution in [0.1, 0.15) is 92.4 Å². The van der Waals surface area contributed by atoms with Gasteiger partial charge in [-0.1, -0.05) is 34.6 Å². The van der Waals surface area contributed by atoms with E-state index in [2.05, 4.69) is 34.6 Å². The molecule has 4 rings (SSSR count). The standard InChI is InChI=1S/C27H48O4/c1-15(2)12-24(30)25(31)16(3)19-6-7-20-18-14-23(29)22-13-17(28)8-10-27(22,5)21(18)9-11-26(19,20)4/h15-25,28-31H,6-14H2,1-5H3/t16-,17+,18-,19+,20-,21-,22+,23-,24+,25+,26+,27+/m0/s1. The zero-order valence-corrected chi connectivity index (χ0v) is 20.5. The van der Waals surface area contributed by atoms with Gasteiger partial charge in [-0.2, -0.15) is 0 Å². The molecule has 4 aliphatic rings. The molecule has 4 heteroatoms. The van der Waals surface area contributed by atoms with Crippen molar-refractivity contribution in [1.82, 2.24) is 0 Å². The van der Waals surface area contributed by atoms with Crippen LogP contribution >= 0.6 is 0 Å². The number of aliphatic hydroxyl groups excluding tert-OH is 4. The lowest BCUT2D eigenvalue weighted by Crippen LogP contribution is -2.58. The van der Waals surface area contributed by atoms with Crippen LogP contribution in [0.2, 0.25) is 0 Å². The van der Waals surface area contributed by atoms with Crippen molar-refractivity contribution in [3.05, 3.63) is 0 Å². The first-order valence-corrected chi connectivity index (χ1v) is 13.2. The van der Waals surface area contributed by atoms with Gasteiger partial charge in [-0.25, -0.2) is 0 Å². The molecule has 4 saturated carbocycles. The van der Waals surface area contributed by atoms with Crippen molar-refractivity contribution in [3.8, 4) is 0 Å². The van der Waals surface area contributed by atoms with Crippen molar-refractivity contribution in [2.45, 2.75) is 117 Å². The molecule has 0 bridgehead atoms. The summed E-state index contributed by atoms with van der Waals surface area (Å²) in [5, 5.41) is 43.0. The van der Waals surface area contributed by atoms with E-state index in [1.165, 1.54) is 19.3 Å². The number of rotatable bonds is 5. The van der Waals surface area contributed by atoms with Crippen LogP contribution in [0.5, 0.6) is 0 Å². The Bertz CT molecular complexity index is 637. The Hall–Kier alpha value is -0.160. The van der Waals surface area contributed by atoms with E-state index in [1.807, 2.05) is 0 Å². The Morgan fingerprint density at radius 1 is 0.806 bits per heavy atom. The lowest BCUT2D eigenvalue weighted by Gasteiger charge is -2.62. The molecule has 4 N–H and O–H groups in total.